The van der Waals surface area contributed by atoms with Gasteiger partial charge in [0.15, 0.2) is 25.3 Å². The maximum atomic E-state index is 12.9. The summed E-state index contributed by atoms with van der Waals surface area (Å²) in [5, 5.41) is 9.36. The highest BCUT2D eigenvalue weighted by molar-refractivity contribution is 6.31. The number of carbonyl (C=O) groups excluding carboxylic acids is 2. The molecule has 0 aliphatic heterocycles. The molecule has 0 saturated heterocycles. The molecule has 0 radical (unpaired) electrons. The summed E-state index contributed by atoms with van der Waals surface area (Å²) in [6, 6.07) is 4.19. The van der Waals surface area contributed by atoms with Gasteiger partial charge in [-0.25, -0.2) is 4.79 Å². The molecule has 0 aromatic heterocycles. The van der Waals surface area contributed by atoms with Gasteiger partial charge in [0.05, 0.1) is 5.56 Å². The van der Waals surface area contributed by atoms with E-state index in [9.17, 15) is 19.5 Å². The Kier molecular flexibility index (Phi) is 9.57. The minimum Gasteiger partial charge on any atom is -0.478 e. The number of benzene rings is 1. The van der Waals surface area contributed by atoms with Gasteiger partial charge in [-0.2, -0.15) is 0 Å². The predicted octanol–water partition coefficient (Wildman–Crippen LogP) is 0.962. The van der Waals surface area contributed by atoms with Gasteiger partial charge in [0.1, 0.15) is 0 Å². The van der Waals surface area contributed by atoms with Crippen LogP contribution in [0.15, 0.2) is 18.2 Å². The van der Waals surface area contributed by atoms with Crippen LogP contribution in [-0.2, 0) is 8.85 Å². The summed E-state index contributed by atoms with van der Waals surface area (Å²) in [6.45, 7) is 9.12. The van der Waals surface area contributed by atoms with E-state index >= 15 is 0 Å². The van der Waals surface area contributed by atoms with E-state index in [4.69, 9.17) is 8.85 Å². The first-order chi connectivity index (χ1) is 12.6. The van der Waals surface area contributed by atoms with E-state index in [0.29, 0.717) is 12.3 Å². The third-order valence-electron chi connectivity index (χ3n) is 3.79. The van der Waals surface area contributed by atoms with Crippen LogP contribution < -0.4 is 0 Å². The predicted molar refractivity (Wildman–Crippen MR) is 109 cm³/mol. The number of nitrogens with zero attached hydrogens (tertiary/aromatic N) is 1. The molecule has 0 spiro atoms. The third-order valence-corrected chi connectivity index (χ3v) is 7.04. The Morgan fingerprint density at radius 1 is 1.00 bits per heavy atom. The Hall–Kier alpha value is -1.82. The van der Waals surface area contributed by atoms with Gasteiger partial charge in [-0.15, -0.1) is 0 Å². The molecule has 0 heterocycles. The monoisotopic (exact) mass is 411 g/mol. The Bertz CT molecular complexity index is 664. The lowest BCUT2D eigenvalue weighted by Gasteiger charge is -2.24. The molecule has 0 aliphatic rings. The Balaban J connectivity index is 3.02. The number of Topliss-reactive ketones (excluding diaryl/α,β-unsaturated/α-hetero) is 1. The van der Waals surface area contributed by atoms with E-state index in [2.05, 4.69) is 0 Å². The van der Waals surface area contributed by atoms with Crippen LogP contribution in [0, 0.1) is 0 Å². The summed E-state index contributed by atoms with van der Waals surface area (Å²) in [5.74, 6) is -1.83. The Morgan fingerprint density at radius 3 is 1.93 bits per heavy atom. The molecule has 1 amide bonds. The fourth-order valence-electron chi connectivity index (χ4n) is 2.46. The number of rotatable bonds is 11. The molecule has 0 bridgehead atoms. The zero-order chi connectivity index (χ0) is 20.6. The molecular weight excluding hydrogens is 382 g/mol. The smallest absolute Gasteiger partial charge is 0.336 e. The molecule has 9 heteroatoms. The van der Waals surface area contributed by atoms with Gasteiger partial charge in [0.2, 0.25) is 0 Å². The van der Waals surface area contributed by atoms with Crippen molar-refractivity contribution in [2.45, 2.75) is 46.8 Å². The van der Waals surface area contributed by atoms with Crippen LogP contribution in [0.3, 0.4) is 0 Å². The summed E-state index contributed by atoms with van der Waals surface area (Å²) in [7, 11) is -1.85. The molecule has 7 nitrogen and oxygen atoms in total. The molecule has 27 heavy (non-hydrogen) atoms. The average molecular weight is 412 g/mol. The number of hydrogen-bond acceptors (Lipinski definition) is 5. The van der Waals surface area contributed by atoms with Crippen molar-refractivity contribution in [3.63, 3.8) is 0 Å². The number of carboxylic acids is 1. The van der Waals surface area contributed by atoms with E-state index in [1.54, 1.807) is 4.90 Å². The van der Waals surface area contributed by atoms with Crippen LogP contribution in [0.1, 0.15) is 65.7 Å². The minimum absolute atomic E-state index is 0.0978. The first-order valence-corrected chi connectivity index (χ1v) is 12.2. The molecule has 0 fully saturated rings. The lowest BCUT2D eigenvalue weighted by Crippen LogP contribution is -2.39. The van der Waals surface area contributed by atoms with Gasteiger partial charge in [0.25, 0.3) is 5.91 Å². The number of carbonyl (C=O) groups is 3. The maximum Gasteiger partial charge on any atom is 0.336 e. The van der Waals surface area contributed by atoms with E-state index in [-0.39, 0.29) is 40.6 Å². The number of aromatic carboxylic acids is 1. The van der Waals surface area contributed by atoms with E-state index in [0.717, 1.165) is 0 Å². The molecule has 0 unspecified atom stereocenters. The van der Waals surface area contributed by atoms with Crippen molar-refractivity contribution in [3.8, 4) is 0 Å². The van der Waals surface area contributed by atoms with Crippen molar-refractivity contribution in [1.82, 2.24) is 4.90 Å². The van der Waals surface area contributed by atoms with Crippen LogP contribution in [0.2, 0.25) is 0 Å². The molecule has 150 valence electrons. The highest BCUT2D eigenvalue weighted by atomic mass is 28.2. The SMILES string of the molecule is CC(=O)c1ccc(C(=O)N(C[SiH2]OC(C)C)C[SiH2]OC(C)C)cc1C(=O)O. The molecule has 1 aromatic carbocycles. The second-order valence-corrected chi connectivity index (χ2v) is 9.13. The first kappa shape index (κ1) is 23.2. The Labute approximate surface area is 164 Å². The quantitative estimate of drug-likeness (QED) is 0.431. The number of carboxylic acid groups (broad SMARTS) is 1. The summed E-state index contributed by atoms with van der Waals surface area (Å²) < 4.78 is 11.4. The van der Waals surface area contributed by atoms with Crippen LogP contribution in [-0.4, -0.2) is 71.7 Å². The van der Waals surface area contributed by atoms with E-state index in [1.807, 2.05) is 27.7 Å². The van der Waals surface area contributed by atoms with Crippen molar-refractivity contribution in [2.75, 3.05) is 12.3 Å². The largest absolute Gasteiger partial charge is 0.478 e. The zero-order valence-corrected chi connectivity index (χ0v) is 19.5. The molecule has 0 saturated carbocycles. The van der Waals surface area contributed by atoms with Crippen LogP contribution in [0.5, 0.6) is 0 Å². The first-order valence-electron chi connectivity index (χ1n) is 9.04. The molecule has 0 atom stereocenters. The van der Waals surface area contributed by atoms with Gasteiger partial charge < -0.3 is 18.9 Å². The second kappa shape index (κ2) is 11.1. The van der Waals surface area contributed by atoms with Crippen LogP contribution >= 0.6 is 0 Å². The number of amides is 1. The van der Waals surface area contributed by atoms with Crippen molar-refractivity contribution in [3.05, 3.63) is 34.9 Å². The third kappa shape index (κ3) is 7.75. The van der Waals surface area contributed by atoms with Crippen molar-refractivity contribution >= 4 is 37.2 Å². The summed E-state index contributed by atoms with van der Waals surface area (Å²) >= 11 is 0. The molecular formula is C18H29NO6Si2. The number of ketones is 1. The fourth-order valence-corrected chi connectivity index (χ4v) is 5.35. The van der Waals surface area contributed by atoms with Gasteiger partial charge >= 0.3 is 5.97 Å². The van der Waals surface area contributed by atoms with Gasteiger partial charge in [-0.05, 0) is 52.8 Å². The van der Waals surface area contributed by atoms with Crippen molar-refractivity contribution in [2.24, 2.45) is 0 Å². The highest BCUT2D eigenvalue weighted by Crippen LogP contribution is 2.15. The maximum absolute atomic E-state index is 12.9. The van der Waals surface area contributed by atoms with Crippen LogP contribution in [0.25, 0.3) is 0 Å². The molecule has 1 N–H and O–H groups in total. The minimum atomic E-state index is -1.23. The summed E-state index contributed by atoms with van der Waals surface area (Å²) in [5.41, 5.74) is 0.203. The standard InChI is InChI=1S/C18H29NO6Si2/c1-11(2)24-26-9-19(10-27-25-12(3)4)17(21)14-6-7-15(13(5)20)16(8-14)18(22)23/h6-8,11-12H,9-10,26-27H2,1-5H3,(H,22,23). The molecule has 0 aliphatic carbocycles. The highest BCUT2D eigenvalue weighted by Gasteiger charge is 2.21. The number of hydrogen-bond donors (Lipinski definition) is 1. The average Bonchev–Trinajstić information content (AvgIpc) is 2.58. The summed E-state index contributed by atoms with van der Waals surface area (Å²) in [6.07, 6.45) is 1.29. The van der Waals surface area contributed by atoms with Gasteiger partial charge in [0, 0.05) is 35.7 Å². The lowest BCUT2D eigenvalue weighted by molar-refractivity contribution is 0.0692. The van der Waals surface area contributed by atoms with Crippen molar-refractivity contribution < 1.29 is 28.3 Å². The lowest BCUT2D eigenvalue weighted by atomic mass is 10.0. The fraction of sp³-hybridized carbons (Fsp3) is 0.500. The van der Waals surface area contributed by atoms with Gasteiger partial charge in [-0.3, -0.25) is 9.59 Å². The van der Waals surface area contributed by atoms with Gasteiger partial charge in [-0.1, -0.05) is 0 Å². The Morgan fingerprint density at radius 2 is 1.52 bits per heavy atom. The van der Waals surface area contributed by atoms with Crippen molar-refractivity contribution in [1.29, 1.82) is 0 Å². The summed E-state index contributed by atoms with van der Waals surface area (Å²) in [4.78, 5) is 37.7. The van der Waals surface area contributed by atoms with E-state index in [1.165, 1.54) is 25.1 Å². The van der Waals surface area contributed by atoms with Crippen LogP contribution in [0.4, 0.5) is 0 Å². The molecule has 1 aromatic rings. The zero-order valence-electron chi connectivity index (χ0n) is 16.7. The second-order valence-electron chi connectivity index (χ2n) is 6.75. The topological polar surface area (TPSA) is 93.1 Å². The normalized spacial score (nSPS) is 12.0. The van der Waals surface area contributed by atoms with E-state index < -0.39 is 25.5 Å². The molecule has 1 rings (SSSR count).